The highest BCUT2D eigenvalue weighted by molar-refractivity contribution is 5.99. The van der Waals surface area contributed by atoms with Gasteiger partial charge in [-0.2, -0.15) is 0 Å². The fourth-order valence-electron chi connectivity index (χ4n) is 11.9. The van der Waals surface area contributed by atoms with Gasteiger partial charge in [0.25, 0.3) is 17.7 Å². The van der Waals surface area contributed by atoms with Gasteiger partial charge in [0.15, 0.2) is 0 Å². The number of likely N-dealkylation sites (N-methyl/N-ethyl adjacent to an activating group) is 3. The van der Waals surface area contributed by atoms with Gasteiger partial charge in [0.2, 0.25) is 17.7 Å². The Hall–Kier alpha value is -6.04. The van der Waals surface area contributed by atoms with E-state index in [0.717, 1.165) is 212 Å². The van der Waals surface area contributed by atoms with Gasteiger partial charge in [0, 0.05) is 116 Å². The SMILES string of the molecule is CNC(=O)[C@H](CN1CCCNCCCNCCC1)NC(=O)c1ccc(CNCCN(CCNCc2ccc(C(=O)N[C@@H](CN3CCCNCCCNCCC3)C(=O)NC)cc2)CCNCc2ccc(C(=O)N[C@@H](CN3CCCNCCCNCCC3)C(=O)NC)cc2)cc1. The molecule has 0 aliphatic carbocycles. The van der Waals surface area contributed by atoms with E-state index in [0.29, 0.717) is 75.6 Å². The van der Waals surface area contributed by atoms with E-state index in [1.807, 2.05) is 72.8 Å². The monoisotopic (exact) mass is 1310 g/mol. The quantitative estimate of drug-likeness (QED) is 0.0363. The van der Waals surface area contributed by atoms with Crippen LogP contribution < -0.4 is 79.8 Å². The van der Waals surface area contributed by atoms with E-state index in [2.05, 4.69) is 99.4 Å². The van der Waals surface area contributed by atoms with Crippen LogP contribution in [0.2, 0.25) is 0 Å². The second kappa shape index (κ2) is 47.0. The zero-order valence-electron chi connectivity index (χ0n) is 57.0. The fourth-order valence-corrected chi connectivity index (χ4v) is 11.9. The second-order valence-electron chi connectivity index (χ2n) is 25.0. The van der Waals surface area contributed by atoms with Gasteiger partial charge >= 0.3 is 0 Å². The molecule has 0 radical (unpaired) electrons. The third-order valence-corrected chi connectivity index (χ3v) is 17.5. The molecule has 3 atom stereocenters. The average molecular weight is 1310 g/mol. The zero-order valence-corrected chi connectivity index (χ0v) is 57.0. The first-order valence-electron chi connectivity index (χ1n) is 35.1. The summed E-state index contributed by atoms with van der Waals surface area (Å²) in [6.45, 7) is 24.0. The third-order valence-electron chi connectivity index (χ3n) is 17.5. The van der Waals surface area contributed by atoms with Crippen molar-refractivity contribution in [3.8, 4) is 0 Å². The van der Waals surface area contributed by atoms with Crippen molar-refractivity contribution < 1.29 is 28.8 Å². The summed E-state index contributed by atoms with van der Waals surface area (Å²) in [5.41, 5.74) is 4.59. The van der Waals surface area contributed by atoms with Crippen LogP contribution in [0.4, 0.5) is 0 Å². The molecule has 3 saturated heterocycles. The summed E-state index contributed by atoms with van der Waals surface area (Å²) in [6.07, 6.45) is 9.11. The number of amides is 6. The summed E-state index contributed by atoms with van der Waals surface area (Å²) in [5, 5.41) is 49.1. The minimum atomic E-state index is -0.692. The first kappa shape index (κ1) is 77.0. The topological polar surface area (TPSA) is 296 Å². The molecule has 25 nitrogen and oxygen atoms in total. The van der Waals surface area contributed by atoms with E-state index in [1.165, 1.54) is 0 Å². The number of carbonyl (C=O) groups is 6. The predicted molar refractivity (Wildman–Crippen MR) is 375 cm³/mol. The Morgan fingerprint density at radius 1 is 0.351 bits per heavy atom. The first-order valence-corrected chi connectivity index (χ1v) is 35.1. The molecule has 15 N–H and O–H groups in total. The highest BCUT2D eigenvalue weighted by Gasteiger charge is 2.27. The van der Waals surface area contributed by atoms with E-state index in [4.69, 9.17) is 0 Å². The van der Waals surface area contributed by atoms with Crippen LogP contribution in [0.5, 0.6) is 0 Å². The number of hydrogen-bond donors (Lipinski definition) is 15. The van der Waals surface area contributed by atoms with Crippen LogP contribution >= 0.6 is 0 Å². The number of carbonyl (C=O) groups excluding carboxylic acids is 6. The van der Waals surface area contributed by atoms with Crippen LogP contribution in [0.25, 0.3) is 0 Å². The lowest BCUT2D eigenvalue weighted by Crippen LogP contribution is -2.52. The molecule has 0 unspecified atom stereocenters. The van der Waals surface area contributed by atoms with Crippen molar-refractivity contribution >= 4 is 35.4 Å². The van der Waals surface area contributed by atoms with E-state index in [-0.39, 0.29) is 35.4 Å². The van der Waals surface area contributed by atoms with Crippen molar-refractivity contribution in [2.24, 2.45) is 0 Å². The Balaban J connectivity index is 1.00. The normalized spacial score (nSPS) is 18.1. The summed E-state index contributed by atoms with van der Waals surface area (Å²) in [6, 6.07) is 20.6. The van der Waals surface area contributed by atoms with Gasteiger partial charge < -0.3 is 94.5 Å². The molecule has 3 fully saturated rings. The van der Waals surface area contributed by atoms with Gasteiger partial charge in [-0.25, -0.2) is 0 Å². The van der Waals surface area contributed by atoms with Crippen molar-refractivity contribution in [1.82, 2.24) is 99.4 Å². The number of rotatable bonds is 30. The summed E-state index contributed by atoms with van der Waals surface area (Å²) >= 11 is 0. The van der Waals surface area contributed by atoms with Crippen molar-refractivity contribution in [2.45, 2.75) is 95.5 Å². The average Bonchev–Trinajstić information content (AvgIpc) is 1.06. The highest BCUT2D eigenvalue weighted by Crippen LogP contribution is 2.11. The third kappa shape index (κ3) is 31.2. The summed E-state index contributed by atoms with van der Waals surface area (Å²) in [4.78, 5) is 89.4. The van der Waals surface area contributed by atoms with Gasteiger partial charge in [0.1, 0.15) is 18.1 Å². The molecule has 6 amide bonds. The Labute approximate surface area is 560 Å². The number of benzene rings is 3. The van der Waals surface area contributed by atoms with E-state index >= 15 is 0 Å². The highest BCUT2D eigenvalue weighted by atomic mass is 16.2. The van der Waals surface area contributed by atoms with Crippen LogP contribution in [-0.2, 0) is 34.0 Å². The lowest BCUT2D eigenvalue weighted by atomic mass is 10.1. The summed E-state index contributed by atoms with van der Waals surface area (Å²) in [7, 11) is 4.82. The van der Waals surface area contributed by atoms with Crippen LogP contribution in [0, 0.1) is 0 Å². The Kier molecular flexibility index (Phi) is 38.5. The van der Waals surface area contributed by atoms with Gasteiger partial charge in [-0.3, -0.25) is 33.7 Å². The molecule has 524 valence electrons. The molecule has 3 heterocycles. The van der Waals surface area contributed by atoms with Crippen LogP contribution in [0.1, 0.15) is 106 Å². The Morgan fingerprint density at radius 3 is 0.798 bits per heavy atom. The van der Waals surface area contributed by atoms with E-state index < -0.39 is 18.1 Å². The summed E-state index contributed by atoms with van der Waals surface area (Å²) in [5.74, 6) is -1.51. The lowest BCUT2D eigenvalue weighted by Gasteiger charge is -2.28. The second-order valence-corrected chi connectivity index (χ2v) is 25.0. The first-order chi connectivity index (χ1) is 46.0. The molecule has 25 heteroatoms. The fraction of sp³-hybridized carbons (Fsp3) is 0.652. The minimum absolute atomic E-state index is 0.217. The molecule has 94 heavy (non-hydrogen) atoms. The van der Waals surface area contributed by atoms with Crippen LogP contribution in [-0.4, -0.2) is 271 Å². The largest absolute Gasteiger partial charge is 0.357 e. The van der Waals surface area contributed by atoms with Crippen molar-refractivity contribution in [3.63, 3.8) is 0 Å². The van der Waals surface area contributed by atoms with Gasteiger partial charge in [-0.15, -0.1) is 0 Å². The Morgan fingerprint density at radius 2 is 0.574 bits per heavy atom. The minimum Gasteiger partial charge on any atom is -0.357 e. The number of hydrogen-bond acceptors (Lipinski definition) is 19. The van der Waals surface area contributed by atoms with Gasteiger partial charge in [0.05, 0.1) is 0 Å². The molecule has 6 rings (SSSR count). The predicted octanol–water partition coefficient (Wildman–Crippen LogP) is -0.814. The zero-order chi connectivity index (χ0) is 66.6. The van der Waals surface area contributed by atoms with Gasteiger partial charge in [-0.05, 0) is 229 Å². The molecule has 3 aliphatic heterocycles. The molecule has 0 saturated carbocycles. The lowest BCUT2D eigenvalue weighted by molar-refractivity contribution is -0.123. The maximum atomic E-state index is 13.6. The molecule has 0 spiro atoms. The maximum absolute atomic E-state index is 13.6. The summed E-state index contributed by atoms with van der Waals surface area (Å²) < 4.78 is 0. The standard InChI is InChI=1S/C69H117N19O6/c1-70-67(92)61(52-86-40-7-31-73-25-4-26-74-32-8-41-86)82-64(89)58-19-13-55(14-20-58)49-79-37-46-85(47-38-80-50-56-15-21-59(22-16-56)65(90)83-62(68(93)71-2)53-87-42-9-33-75-27-5-28-76-34-10-43-87)48-39-81-51-57-17-23-60(24-18-57)66(91)84-63(69(94)72-3)54-88-44-11-35-77-29-6-30-78-36-12-45-88/h13-24,61-63,73-81H,4-12,25-54H2,1-3H3,(H,70,92)(H,71,93)(H,72,94)(H,82,89)(H,83,90)(H,84,91)/t61-,62-,63-/m0/s1. The van der Waals surface area contributed by atoms with Crippen molar-refractivity contribution in [2.75, 3.05) is 198 Å². The number of nitrogens with one attached hydrogen (secondary N) is 15. The number of nitrogens with zero attached hydrogens (tertiary/aromatic N) is 4. The molecule has 3 aromatic carbocycles. The molecular weight excluding hydrogens is 1190 g/mol. The smallest absolute Gasteiger partial charge is 0.251 e. The van der Waals surface area contributed by atoms with Crippen LogP contribution in [0.3, 0.4) is 0 Å². The Bertz CT molecular complexity index is 2290. The van der Waals surface area contributed by atoms with E-state index in [9.17, 15) is 28.8 Å². The van der Waals surface area contributed by atoms with Crippen molar-refractivity contribution in [1.29, 1.82) is 0 Å². The maximum Gasteiger partial charge on any atom is 0.251 e. The van der Waals surface area contributed by atoms with Crippen molar-refractivity contribution in [3.05, 3.63) is 106 Å². The molecule has 3 aromatic rings. The molecular formula is C69H117N19O6. The van der Waals surface area contributed by atoms with E-state index in [1.54, 1.807) is 21.1 Å². The molecule has 3 aliphatic rings. The van der Waals surface area contributed by atoms with Gasteiger partial charge in [-0.1, -0.05) is 36.4 Å². The molecule has 0 bridgehead atoms. The molecule has 0 aromatic heterocycles. The van der Waals surface area contributed by atoms with Crippen LogP contribution in [0.15, 0.2) is 72.8 Å².